The summed E-state index contributed by atoms with van der Waals surface area (Å²) in [5.74, 6) is 7.07. The zero-order valence-electron chi connectivity index (χ0n) is 20.6. The van der Waals surface area contributed by atoms with Gasteiger partial charge in [-0.1, -0.05) is 24.3 Å². The van der Waals surface area contributed by atoms with Gasteiger partial charge in [-0.15, -0.1) is 0 Å². The summed E-state index contributed by atoms with van der Waals surface area (Å²) < 4.78 is 45.5. The van der Waals surface area contributed by atoms with Crippen molar-refractivity contribution < 1.29 is 13.2 Å². The molecule has 0 saturated carbocycles. The summed E-state index contributed by atoms with van der Waals surface area (Å²) >= 11 is -0.537. The van der Waals surface area contributed by atoms with Crippen LogP contribution in [-0.2, 0) is 6.18 Å². The number of pyridine rings is 1. The number of fused-ring (bicyclic) bond motifs is 4. The van der Waals surface area contributed by atoms with Crippen molar-refractivity contribution in [1.82, 2.24) is 4.98 Å². The Bertz CT molecular complexity index is 1780. The monoisotopic (exact) mass is 573 g/mol. The van der Waals surface area contributed by atoms with Gasteiger partial charge in [-0.05, 0) is 22.9 Å². The molecule has 0 aliphatic rings. The van der Waals surface area contributed by atoms with Crippen LogP contribution in [-0.4, -0.2) is 18.3 Å². The average Bonchev–Trinajstić information content (AvgIpc) is 3.23. The summed E-state index contributed by atoms with van der Waals surface area (Å²) in [7, 11) is 0. The molecule has 6 heteroatoms. The van der Waals surface area contributed by atoms with E-state index in [1.54, 1.807) is 12.1 Å². The third-order valence-corrected chi connectivity index (χ3v) is 12.4. The Balaban J connectivity index is 1.52. The van der Waals surface area contributed by atoms with Gasteiger partial charge >= 0.3 is 173 Å². The fourth-order valence-electron chi connectivity index (χ4n) is 4.88. The third kappa shape index (κ3) is 4.34. The van der Waals surface area contributed by atoms with Crippen molar-refractivity contribution in [3.63, 3.8) is 0 Å². The predicted molar refractivity (Wildman–Crippen MR) is 153 cm³/mol. The zero-order valence-corrected chi connectivity index (χ0v) is 23.6. The minimum atomic E-state index is -4.51. The van der Waals surface area contributed by atoms with E-state index >= 15 is 0 Å². The molecule has 0 spiro atoms. The van der Waals surface area contributed by atoms with Crippen LogP contribution in [0.4, 0.5) is 13.2 Å². The van der Waals surface area contributed by atoms with Gasteiger partial charge in [-0.3, -0.25) is 0 Å². The summed E-state index contributed by atoms with van der Waals surface area (Å²) in [5.41, 5.74) is 2.70. The Morgan fingerprint density at radius 3 is 1.89 bits per heavy atom. The number of rotatable bonds is 3. The van der Waals surface area contributed by atoms with E-state index in [-0.39, 0.29) is 5.56 Å². The molecule has 4 aromatic carbocycles. The van der Waals surface area contributed by atoms with Crippen LogP contribution in [0.3, 0.4) is 0 Å². The molecule has 0 atom stereocenters. The van der Waals surface area contributed by atoms with Crippen LogP contribution in [0.15, 0.2) is 91.1 Å². The molecular formula is C31H24F3GeNS. The van der Waals surface area contributed by atoms with Crippen LogP contribution >= 0.6 is 11.3 Å². The topological polar surface area (TPSA) is 12.9 Å². The maximum atomic E-state index is 14.2. The molecule has 184 valence electrons. The fraction of sp³-hybridized carbons (Fsp3) is 0.129. The van der Waals surface area contributed by atoms with Gasteiger partial charge in [0.2, 0.25) is 0 Å². The number of aromatic nitrogens is 1. The summed E-state index contributed by atoms with van der Waals surface area (Å²) in [5, 5.41) is 2.99. The Labute approximate surface area is 220 Å². The number of benzene rings is 4. The first kappa shape index (κ1) is 24.2. The number of hydrogen-bond donors (Lipinski definition) is 0. The van der Waals surface area contributed by atoms with E-state index in [2.05, 4.69) is 46.5 Å². The normalized spacial score (nSPS) is 12.6. The van der Waals surface area contributed by atoms with Crippen LogP contribution in [0.25, 0.3) is 53.3 Å². The minimum absolute atomic E-state index is 0.200. The maximum absolute atomic E-state index is 14.2. The number of hydrogen-bond acceptors (Lipinski definition) is 2. The molecule has 0 fully saturated rings. The van der Waals surface area contributed by atoms with Gasteiger partial charge in [0.15, 0.2) is 0 Å². The first-order valence-corrected chi connectivity index (χ1v) is 20.3. The van der Waals surface area contributed by atoms with Crippen LogP contribution < -0.4 is 4.40 Å². The molecule has 1 nitrogen and oxygen atoms in total. The average molecular weight is 572 g/mol. The van der Waals surface area contributed by atoms with Crippen molar-refractivity contribution in [3.8, 4) is 22.3 Å². The van der Waals surface area contributed by atoms with E-state index < -0.39 is 25.0 Å². The van der Waals surface area contributed by atoms with Gasteiger partial charge < -0.3 is 0 Å². The van der Waals surface area contributed by atoms with Gasteiger partial charge in [-0.25, -0.2) is 0 Å². The SMILES string of the molecule is [CH3][Ge]([CH3])([CH3])[c]1ccc(-c2ccc(-c3c(C(F)(F)F)cnc4c3sc3cc5ccccc5cc34)cc2)cc1. The Morgan fingerprint density at radius 1 is 0.730 bits per heavy atom. The molecule has 6 aromatic rings. The summed E-state index contributed by atoms with van der Waals surface area (Å²) in [6.45, 7) is 0. The molecular weight excluding hydrogens is 548 g/mol. The Hall–Kier alpha value is -3.16. The molecule has 0 bridgehead atoms. The third-order valence-electron chi connectivity index (χ3n) is 6.91. The van der Waals surface area contributed by atoms with E-state index in [0.717, 1.165) is 38.2 Å². The number of alkyl halides is 3. The van der Waals surface area contributed by atoms with Gasteiger partial charge in [0.25, 0.3) is 0 Å². The van der Waals surface area contributed by atoms with E-state index in [4.69, 9.17) is 0 Å². The number of thiophene rings is 1. The van der Waals surface area contributed by atoms with E-state index in [1.165, 1.54) is 15.7 Å². The zero-order chi connectivity index (χ0) is 25.9. The van der Waals surface area contributed by atoms with Gasteiger partial charge in [0.05, 0.1) is 0 Å². The molecule has 37 heavy (non-hydrogen) atoms. The Kier molecular flexibility index (Phi) is 5.69. The van der Waals surface area contributed by atoms with Crippen molar-refractivity contribution in [2.75, 3.05) is 0 Å². The van der Waals surface area contributed by atoms with E-state index in [0.29, 0.717) is 15.8 Å². The molecule has 0 aliphatic heterocycles. The predicted octanol–water partition coefficient (Wildman–Crippen LogP) is 9.50. The second kappa shape index (κ2) is 8.71. The molecule has 2 heterocycles. The van der Waals surface area contributed by atoms with Crippen molar-refractivity contribution in [2.24, 2.45) is 0 Å². The molecule has 0 amide bonds. The van der Waals surface area contributed by atoms with Crippen molar-refractivity contribution in [1.29, 1.82) is 0 Å². The van der Waals surface area contributed by atoms with Crippen LogP contribution in [0.2, 0.25) is 17.3 Å². The standard InChI is InChI=1S/C31H24F3GeNS/c1-35(2,3)24-14-12-20(13-15-24)19-8-10-21(11-9-19)28-26(31(32,33)34)18-36-29-25-16-22-6-4-5-7-23(22)17-27(25)37-30(28)29/h4-18H,1-3H3. The van der Waals surface area contributed by atoms with E-state index in [1.807, 2.05) is 48.5 Å². The van der Waals surface area contributed by atoms with Crippen LogP contribution in [0.5, 0.6) is 0 Å². The molecule has 0 N–H and O–H groups in total. The van der Waals surface area contributed by atoms with Crippen LogP contribution in [0.1, 0.15) is 5.56 Å². The summed E-state index contributed by atoms with van der Waals surface area (Å²) in [6, 6.07) is 28.1. The number of halogens is 3. The fourth-order valence-corrected chi connectivity index (χ4v) is 8.58. The van der Waals surface area contributed by atoms with Crippen molar-refractivity contribution in [3.05, 3.63) is 96.7 Å². The molecule has 0 aliphatic carbocycles. The second-order valence-electron chi connectivity index (χ2n) is 10.4. The molecule has 0 unspecified atom stereocenters. The van der Waals surface area contributed by atoms with E-state index in [9.17, 15) is 13.2 Å². The van der Waals surface area contributed by atoms with Crippen LogP contribution in [0, 0.1) is 0 Å². The number of nitrogens with zero attached hydrogens (tertiary/aromatic N) is 1. The molecule has 6 rings (SSSR count). The van der Waals surface area contributed by atoms with Gasteiger partial charge in [-0.2, -0.15) is 0 Å². The van der Waals surface area contributed by atoms with Crippen molar-refractivity contribution >= 4 is 60.1 Å². The molecule has 2 aromatic heterocycles. The molecule has 0 radical (unpaired) electrons. The second-order valence-corrected chi connectivity index (χ2v) is 22.1. The van der Waals surface area contributed by atoms with Gasteiger partial charge in [0, 0.05) is 0 Å². The Morgan fingerprint density at radius 2 is 1.30 bits per heavy atom. The molecule has 0 saturated heterocycles. The quantitative estimate of drug-likeness (QED) is 0.193. The first-order valence-electron chi connectivity index (χ1n) is 12.1. The van der Waals surface area contributed by atoms with Crippen molar-refractivity contribution in [2.45, 2.75) is 23.4 Å². The summed E-state index contributed by atoms with van der Waals surface area (Å²) in [4.78, 5) is 4.32. The van der Waals surface area contributed by atoms with Gasteiger partial charge in [0.1, 0.15) is 0 Å². The summed E-state index contributed by atoms with van der Waals surface area (Å²) in [6.07, 6.45) is -3.52. The first-order chi connectivity index (χ1) is 17.6.